The van der Waals surface area contributed by atoms with Crippen LogP contribution >= 0.6 is 0 Å². The number of phenolic OH excluding ortho intramolecular Hbond substituents is 2. The normalized spacial score (nSPS) is 15.7. The fourth-order valence-corrected chi connectivity index (χ4v) is 7.46. The van der Waals surface area contributed by atoms with Gasteiger partial charge in [0, 0.05) is 90.0 Å². The molecule has 290 valence electrons. The Hall–Kier alpha value is -5.38. The Kier molecular flexibility index (Phi) is 11.1. The quantitative estimate of drug-likeness (QED) is 0.204. The van der Waals surface area contributed by atoms with Crippen molar-refractivity contribution in [3.63, 3.8) is 0 Å². The minimum Gasteiger partial charge on any atom is -0.508 e. The van der Waals surface area contributed by atoms with Gasteiger partial charge in [-0.15, -0.1) is 0 Å². The summed E-state index contributed by atoms with van der Waals surface area (Å²) in [5.41, 5.74) is 12.5. The number of morpholine rings is 1. The van der Waals surface area contributed by atoms with Crippen LogP contribution in [-0.2, 0) is 42.1 Å². The van der Waals surface area contributed by atoms with Gasteiger partial charge in [0.15, 0.2) is 5.82 Å². The van der Waals surface area contributed by atoms with Crippen LogP contribution < -0.4 is 10.6 Å². The molecule has 2 aromatic heterocycles. The third-order valence-electron chi connectivity index (χ3n) is 10.7. The topological polar surface area (TPSA) is 178 Å². The van der Waals surface area contributed by atoms with E-state index < -0.39 is 0 Å². The average molecular weight is 751 g/mol. The smallest absolute Gasteiger partial charge is 0.258 e. The Balaban J connectivity index is 0.929. The van der Waals surface area contributed by atoms with Crippen molar-refractivity contribution in [2.45, 2.75) is 52.4 Å². The molecule has 0 bridgehead atoms. The third kappa shape index (κ3) is 8.48. The summed E-state index contributed by atoms with van der Waals surface area (Å²) in [6, 6.07) is 9.14. The first kappa shape index (κ1) is 37.9. The van der Waals surface area contributed by atoms with E-state index in [-0.39, 0.29) is 47.3 Å². The molecular weight excluding hydrogens is 701 g/mol. The van der Waals surface area contributed by atoms with Gasteiger partial charge in [-0.2, -0.15) is 0 Å². The van der Waals surface area contributed by atoms with Gasteiger partial charge in [-0.3, -0.25) is 14.5 Å². The second kappa shape index (κ2) is 16.2. The summed E-state index contributed by atoms with van der Waals surface area (Å²) in [4.78, 5) is 55.2. The zero-order chi connectivity index (χ0) is 38.8. The summed E-state index contributed by atoms with van der Waals surface area (Å²) < 4.78 is 5.60. The largest absolute Gasteiger partial charge is 0.508 e. The number of carbonyl (C=O) groups is 2. The number of hydrogen-bond acceptors (Lipinski definition) is 13. The molecule has 0 spiro atoms. The number of aromatic hydroxyl groups is 2. The lowest BCUT2D eigenvalue weighted by molar-refractivity contribution is -0.131. The number of aromatic nitrogens is 4. The van der Waals surface area contributed by atoms with Crippen LogP contribution in [0.5, 0.6) is 11.5 Å². The number of likely N-dealkylation sites (N-methyl/N-ethyl adjacent to an activating group) is 2. The Morgan fingerprint density at radius 1 is 0.927 bits per heavy atom. The van der Waals surface area contributed by atoms with Crippen molar-refractivity contribution in [2.24, 2.45) is 0 Å². The Morgan fingerprint density at radius 2 is 1.67 bits per heavy atom. The van der Waals surface area contributed by atoms with Gasteiger partial charge in [-0.05, 0) is 47.7 Å². The predicted octanol–water partition coefficient (Wildman–Crippen LogP) is 2.99. The number of phenols is 2. The van der Waals surface area contributed by atoms with E-state index in [1.807, 2.05) is 27.9 Å². The Labute approximate surface area is 321 Å². The van der Waals surface area contributed by atoms with Gasteiger partial charge < -0.3 is 40.3 Å². The fourth-order valence-electron chi connectivity index (χ4n) is 7.46. The number of nitrogen functional groups attached to an aromatic ring is 1. The first-order valence-electron chi connectivity index (χ1n) is 18.8. The van der Waals surface area contributed by atoms with Gasteiger partial charge >= 0.3 is 0 Å². The number of anilines is 2. The van der Waals surface area contributed by atoms with Crippen molar-refractivity contribution >= 4 is 23.6 Å². The molecule has 2 aromatic carbocycles. The number of hydrogen-bond donors (Lipinski definition) is 3. The maximum atomic E-state index is 13.5. The molecule has 3 aliphatic rings. The first-order valence-corrected chi connectivity index (χ1v) is 18.8. The van der Waals surface area contributed by atoms with Gasteiger partial charge in [0.05, 0.1) is 36.6 Å². The molecule has 5 heterocycles. The molecule has 2 amide bonds. The lowest BCUT2D eigenvalue weighted by atomic mass is 9.98. The average Bonchev–Trinajstić information content (AvgIpc) is 3.60. The SMILES string of the molecule is CC(C)c1cc(C(=O)N2Cc3ccc(CN(C)CCN(C)C(=O)CN4CCc5c(nc(-c6cnc(N)nc6)nc5N5CCOCC5)C4)cc3C2)c(O)cc1O. The molecule has 0 unspecified atom stereocenters. The van der Waals surface area contributed by atoms with Crippen molar-refractivity contribution in [3.8, 4) is 22.9 Å². The number of nitrogens with two attached hydrogens (primary N) is 1. The Morgan fingerprint density at radius 3 is 2.42 bits per heavy atom. The molecule has 1 saturated heterocycles. The standard InChI is InChI=1S/C40H50N10O5/c1-25(2)31-16-32(35(52)17-34(31)51)39(54)50-21-27-6-5-26(15-28(27)22-50)20-46(3)9-10-47(4)36(53)24-48-8-7-30-33(23-48)44-37(29-18-42-40(41)43-19-29)45-38(30)49-11-13-55-14-12-49/h5-6,15-19,25,51-52H,7-14,20-24H2,1-4H3,(H2,41,42,43). The highest BCUT2D eigenvalue weighted by molar-refractivity contribution is 5.97. The molecule has 0 atom stereocenters. The van der Waals surface area contributed by atoms with Crippen molar-refractivity contribution in [1.29, 1.82) is 0 Å². The minimum atomic E-state index is -0.264. The number of amides is 2. The van der Waals surface area contributed by atoms with Crippen molar-refractivity contribution in [2.75, 3.05) is 77.2 Å². The van der Waals surface area contributed by atoms with Crippen molar-refractivity contribution < 1.29 is 24.5 Å². The predicted molar refractivity (Wildman–Crippen MR) is 207 cm³/mol. The van der Waals surface area contributed by atoms with E-state index in [0.29, 0.717) is 69.4 Å². The number of fused-ring (bicyclic) bond motifs is 2. The van der Waals surface area contributed by atoms with Crippen molar-refractivity contribution in [1.82, 2.24) is 39.5 Å². The van der Waals surface area contributed by atoms with Gasteiger partial charge in [0.1, 0.15) is 17.3 Å². The molecule has 15 nitrogen and oxygen atoms in total. The van der Waals surface area contributed by atoms with Crippen LogP contribution in [0.2, 0.25) is 0 Å². The van der Waals surface area contributed by atoms with E-state index in [9.17, 15) is 19.8 Å². The van der Waals surface area contributed by atoms with Crippen LogP contribution in [0.25, 0.3) is 11.4 Å². The number of ether oxygens (including phenoxy) is 1. The van der Waals surface area contributed by atoms with E-state index in [2.05, 4.69) is 42.9 Å². The van der Waals surface area contributed by atoms with Gasteiger partial charge in [-0.1, -0.05) is 32.0 Å². The molecule has 15 heteroatoms. The highest BCUT2D eigenvalue weighted by Crippen LogP contribution is 2.35. The number of carbonyl (C=O) groups excluding carboxylic acids is 2. The van der Waals surface area contributed by atoms with Crippen molar-refractivity contribution in [3.05, 3.63) is 81.8 Å². The summed E-state index contributed by atoms with van der Waals surface area (Å²) in [6.07, 6.45) is 4.02. The van der Waals surface area contributed by atoms with E-state index in [0.717, 1.165) is 59.8 Å². The van der Waals surface area contributed by atoms with Crippen LogP contribution in [0.3, 0.4) is 0 Å². The monoisotopic (exact) mass is 750 g/mol. The fraction of sp³-hybridized carbons (Fsp3) is 0.450. The van der Waals surface area contributed by atoms with Crippen LogP contribution in [0.4, 0.5) is 11.8 Å². The summed E-state index contributed by atoms with van der Waals surface area (Å²) in [7, 11) is 3.89. The molecule has 7 rings (SSSR count). The summed E-state index contributed by atoms with van der Waals surface area (Å²) in [5.74, 6) is 1.20. The van der Waals surface area contributed by atoms with E-state index in [1.54, 1.807) is 28.3 Å². The van der Waals surface area contributed by atoms with Crippen LogP contribution in [-0.4, -0.2) is 128 Å². The molecule has 0 radical (unpaired) electrons. The van der Waals surface area contributed by atoms with Crippen LogP contribution in [0.1, 0.15) is 63.6 Å². The zero-order valence-electron chi connectivity index (χ0n) is 32.0. The molecule has 1 fully saturated rings. The highest BCUT2D eigenvalue weighted by Gasteiger charge is 2.29. The lowest BCUT2D eigenvalue weighted by Gasteiger charge is -2.34. The molecule has 55 heavy (non-hydrogen) atoms. The lowest BCUT2D eigenvalue weighted by Crippen LogP contribution is -2.44. The summed E-state index contributed by atoms with van der Waals surface area (Å²) >= 11 is 0. The molecule has 0 saturated carbocycles. The zero-order valence-corrected chi connectivity index (χ0v) is 32.0. The molecule has 4 N–H and O–H groups in total. The number of nitrogens with zero attached hydrogens (tertiary/aromatic N) is 9. The summed E-state index contributed by atoms with van der Waals surface area (Å²) in [6.45, 7) is 11.1. The number of benzene rings is 2. The highest BCUT2D eigenvalue weighted by atomic mass is 16.5. The Bertz CT molecular complexity index is 2050. The van der Waals surface area contributed by atoms with E-state index in [1.165, 1.54) is 6.07 Å². The maximum absolute atomic E-state index is 13.5. The number of rotatable bonds is 11. The van der Waals surface area contributed by atoms with Gasteiger partial charge in [0.25, 0.3) is 5.91 Å². The first-order chi connectivity index (χ1) is 26.4. The van der Waals surface area contributed by atoms with Gasteiger partial charge in [-0.25, -0.2) is 19.9 Å². The molecule has 3 aliphatic heterocycles. The van der Waals surface area contributed by atoms with E-state index >= 15 is 0 Å². The molecular formula is C40H50N10O5. The minimum absolute atomic E-state index is 0.00534. The second-order valence-electron chi connectivity index (χ2n) is 15.1. The van der Waals surface area contributed by atoms with E-state index in [4.69, 9.17) is 20.4 Å². The maximum Gasteiger partial charge on any atom is 0.258 e. The second-order valence-corrected chi connectivity index (χ2v) is 15.1. The van der Waals surface area contributed by atoms with Crippen LogP contribution in [0, 0.1) is 0 Å². The third-order valence-corrected chi connectivity index (χ3v) is 10.7. The molecule has 0 aliphatic carbocycles. The molecule has 4 aromatic rings. The van der Waals surface area contributed by atoms with Crippen LogP contribution in [0.15, 0.2) is 42.7 Å². The van der Waals surface area contributed by atoms with Gasteiger partial charge in [0.2, 0.25) is 11.9 Å². The summed E-state index contributed by atoms with van der Waals surface area (Å²) in [5, 5.41) is 20.7.